The molecule has 19 heavy (non-hydrogen) atoms. The van der Waals surface area contributed by atoms with Gasteiger partial charge in [0.15, 0.2) is 0 Å². The van der Waals surface area contributed by atoms with Crippen molar-refractivity contribution >= 4 is 22.7 Å². The highest BCUT2D eigenvalue weighted by Crippen LogP contribution is 2.28. The number of para-hydroxylation sites is 1. The maximum Gasteiger partial charge on any atom is 0.326 e. The fourth-order valence-electron chi connectivity index (χ4n) is 2.54. The molecule has 0 radical (unpaired) electrons. The summed E-state index contributed by atoms with van der Waals surface area (Å²) in [5.41, 5.74) is 2.47. The fourth-order valence-corrected chi connectivity index (χ4v) is 2.54. The molecule has 1 aromatic carbocycles. The molecule has 1 aromatic heterocycles. The lowest BCUT2D eigenvalue weighted by Gasteiger charge is -2.28. The lowest BCUT2D eigenvalue weighted by atomic mass is 10.2. The van der Waals surface area contributed by atoms with Gasteiger partial charge >= 0.3 is 11.7 Å². The van der Waals surface area contributed by atoms with Crippen LogP contribution >= 0.6 is 0 Å². The number of imidazole rings is 1. The second-order valence-corrected chi connectivity index (χ2v) is 4.48. The number of nitrogens with one attached hydrogen (secondary N) is 1. The molecule has 0 saturated heterocycles. The maximum absolute atomic E-state index is 11.8. The molecule has 1 aliphatic rings. The van der Waals surface area contributed by atoms with Crippen molar-refractivity contribution < 1.29 is 9.53 Å². The quantitative estimate of drug-likeness (QED) is 0.826. The third-order valence-electron chi connectivity index (χ3n) is 3.33. The van der Waals surface area contributed by atoms with E-state index in [1.54, 1.807) is 11.5 Å². The van der Waals surface area contributed by atoms with E-state index in [4.69, 9.17) is 4.74 Å². The summed E-state index contributed by atoms with van der Waals surface area (Å²) >= 11 is 0. The number of aromatic amines is 1. The predicted molar refractivity (Wildman–Crippen MR) is 71.4 cm³/mol. The number of benzene rings is 1. The monoisotopic (exact) mass is 261 g/mol. The first kappa shape index (κ1) is 11.8. The molecule has 2 aromatic rings. The van der Waals surface area contributed by atoms with Crippen LogP contribution in [0.25, 0.3) is 11.0 Å². The average molecular weight is 261 g/mol. The number of rotatable bonds is 3. The molecule has 6 heteroatoms. The van der Waals surface area contributed by atoms with Gasteiger partial charge in [-0.05, 0) is 19.1 Å². The fraction of sp³-hybridized carbons (Fsp3) is 0.385. The summed E-state index contributed by atoms with van der Waals surface area (Å²) < 4.78 is 6.69. The summed E-state index contributed by atoms with van der Waals surface area (Å²) in [6.07, 6.45) is 0. The van der Waals surface area contributed by atoms with Crippen LogP contribution < -0.4 is 10.6 Å². The van der Waals surface area contributed by atoms with E-state index in [0.29, 0.717) is 19.7 Å². The van der Waals surface area contributed by atoms with Gasteiger partial charge in [0.2, 0.25) is 0 Å². The van der Waals surface area contributed by atoms with Gasteiger partial charge in [-0.15, -0.1) is 0 Å². The summed E-state index contributed by atoms with van der Waals surface area (Å²) in [4.78, 5) is 28.2. The van der Waals surface area contributed by atoms with Crippen molar-refractivity contribution in [1.82, 2.24) is 9.55 Å². The minimum absolute atomic E-state index is 0.0989. The van der Waals surface area contributed by atoms with Gasteiger partial charge in [-0.1, -0.05) is 6.07 Å². The van der Waals surface area contributed by atoms with E-state index in [0.717, 1.165) is 16.7 Å². The van der Waals surface area contributed by atoms with E-state index in [9.17, 15) is 9.59 Å². The summed E-state index contributed by atoms with van der Waals surface area (Å²) in [5, 5.41) is 0. The van der Waals surface area contributed by atoms with Gasteiger partial charge < -0.3 is 14.6 Å². The zero-order valence-corrected chi connectivity index (χ0v) is 10.7. The molecule has 6 nitrogen and oxygen atoms in total. The topological polar surface area (TPSA) is 67.3 Å². The molecule has 0 fully saturated rings. The number of hydrogen-bond acceptors (Lipinski definition) is 4. The Morgan fingerprint density at radius 2 is 2.26 bits per heavy atom. The van der Waals surface area contributed by atoms with Crippen molar-refractivity contribution in [2.24, 2.45) is 0 Å². The molecule has 0 aliphatic carbocycles. The van der Waals surface area contributed by atoms with Gasteiger partial charge in [0.1, 0.15) is 6.54 Å². The summed E-state index contributed by atoms with van der Waals surface area (Å²) in [5.74, 6) is -0.245. The molecule has 0 unspecified atom stereocenters. The SMILES string of the molecule is CCOC(=O)CN1CCn2c(=O)[nH]c3cccc1c32. The van der Waals surface area contributed by atoms with E-state index in [1.807, 2.05) is 23.1 Å². The maximum atomic E-state index is 11.8. The average Bonchev–Trinajstić information content (AvgIpc) is 2.71. The number of nitrogens with zero attached hydrogens (tertiary/aromatic N) is 2. The Hall–Kier alpha value is -2.24. The van der Waals surface area contributed by atoms with Crippen LogP contribution in [0.2, 0.25) is 0 Å². The number of ether oxygens (including phenoxy) is 1. The van der Waals surface area contributed by atoms with E-state index in [2.05, 4.69) is 4.98 Å². The second kappa shape index (κ2) is 4.46. The largest absolute Gasteiger partial charge is 0.465 e. The van der Waals surface area contributed by atoms with E-state index in [1.165, 1.54) is 0 Å². The second-order valence-electron chi connectivity index (χ2n) is 4.48. The molecule has 0 bridgehead atoms. The molecule has 0 amide bonds. The first-order valence-electron chi connectivity index (χ1n) is 6.33. The highest BCUT2D eigenvalue weighted by Gasteiger charge is 2.22. The number of esters is 1. The van der Waals surface area contributed by atoms with E-state index >= 15 is 0 Å². The first-order valence-corrected chi connectivity index (χ1v) is 6.33. The summed E-state index contributed by atoms with van der Waals surface area (Å²) in [6, 6.07) is 5.66. The lowest BCUT2D eigenvalue weighted by molar-refractivity contribution is -0.141. The molecule has 1 aliphatic heterocycles. The highest BCUT2D eigenvalue weighted by molar-refractivity contribution is 5.91. The number of aromatic nitrogens is 2. The first-order chi connectivity index (χ1) is 9.20. The number of anilines is 1. The van der Waals surface area contributed by atoms with Gasteiger partial charge in [0, 0.05) is 13.1 Å². The zero-order valence-electron chi connectivity index (χ0n) is 10.7. The van der Waals surface area contributed by atoms with Crippen LogP contribution in [-0.2, 0) is 16.1 Å². The summed E-state index contributed by atoms with van der Waals surface area (Å²) in [7, 11) is 0. The van der Waals surface area contributed by atoms with Crippen molar-refractivity contribution in [3.8, 4) is 0 Å². The van der Waals surface area contributed by atoms with Crippen LogP contribution in [0.5, 0.6) is 0 Å². The zero-order chi connectivity index (χ0) is 13.4. The van der Waals surface area contributed by atoms with E-state index in [-0.39, 0.29) is 18.2 Å². The van der Waals surface area contributed by atoms with Gasteiger partial charge in [-0.2, -0.15) is 0 Å². The molecule has 0 atom stereocenters. The predicted octanol–water partition coefficient (Wildman–Crippen LogP) is 0.713. The van der Waals surface area contributed by atoms with Crippen LogP contribution in [0.4, 0.5) is 5.69 Å². The smallest absolute Gasteiger partial charge is 0.326 e. The Balaban J connectivity index is 2.02. The Kier molecular flexibility index (Phi) is 2.77. The minimum atomic E-state index is -0.245. The number of carbonyl (C=O) groups is 1. The number of hydrogen-bond donors (Lipinski definition) is 1. The minimum Gasteiger partial charge on any atom is -0.465 e. The van der Waals surface area contributed by atoms with Crippen molar-refractivity contribution in [2.45, 2.75) is 13.5 Å². The Labute approximate surface area is 109 Å². The number of carbonyl (C=O) groups excluding carboxylic acids is 1. The number of H-pyrrole nitrogens is 1. The molecule has 0 spiro atoms. The van der Waals surface area contributed by atoms with E-state index < -0.39 is 0 Å². The molecule has 1 N–H and O–H groups in total. The Morgan fingerprint density at radius 3 is 3.05 bits per heavy atom. The molecule has 3 rings (SSSR count). The van der Waals surface area contributed by atoms with Crippen LogP contribution in [-0.4, -0.2) is 35.2 Å². The normalized spacial score (nSPS) is 13.8. The van der Waals surface area contributed by atoms with Crippen molar-refractivity contribution in [3.63, 3.8) is 0 Å². The van der Waals surface area contributed by atoms with Crippen molar-refractivity contribution in [3.05, 3.63) is 28.7 Å². The highest BCUT2D eigenvalue weighted by atomic mass is 16.5. The van der Waals surface area contributed by atoms with Gasteiger partial charge in [-0.25, -0.2) is 4.79 Å². The van der Waals surface area contributed by atoms with Crippen molar-refractivity contribution in [2.75, 3.05) is 24.6 Å². The molecular weight excluding hydrogens is 246 g/mol. The van der Waals surface area contributed by atoms with Crippen LogP contribution in [0, 0.1) is 0 Å². The van der Waals surface area contributed by atoms with Crippen LogP contribution in [0.3, 0.4) is 0 Å². The standard InChI is InChI=1S/C13H15N3O3/c1-2-19-11(17)8-15-6-7-16-12-9(14-13(16)18)4-3-5-10(12)15/h3-5H,2,6-8H2,1H3,(H,14,18). The molecule has 2 heterocycles. The molecule has 100 valence electrons. The van der Waals surface area contributed by atoms with Crippen LogP contribution in [0.1, 0.15) is 6.92 Å². The third-order valence-corrected chi connectivity index (χ3v) is 3.33. The third kappa shape index (κ3) is 1.89. The van der Waals surface area contributed by atoms with Crippen molar-refractivity contribution in [1.29, 1.82) is 0 Å². The molecular formula is C13H15N3O3. The Bertz CT molecular complexity index is 686. The van der Waals surface area contributed by atoms with Gasteiger partial charge in [0.25, 0.3) is 0 Å². The Morgan fingerprint density at radius 1 is 1.42 bits per heavy atom. The van der Waals surface area contributed by atoms with Crippen LogP contribution in [0.15, 0.2) is 23.0 Å². The summed E-state index contributed by atoms with van der Waals surface area (Å²) in [6.45, 7) is 3.59. The van der Waals surface area contributed by atoms with Gasteiger partial charge in [0.05, 0.1) is 23.3 Å². The lowest BCUT2D eigenvalue weighted by Crippen LogP contribution is -2.38. The molecule has 0 saturated carbocycles. The van der Waals surface area contributed by atoms with Gasteiger partial charge in [-0.3, -0.25) is 9.36 Å².